The van der Waals surface area contributed by atoms with E-state index in [0.29, 0.717) is 0 Å². The first-order chi connectivity index (χ1) is 9.52. The highest BCUT2D eigenvalue weighted by Crippen LogP contribution is 2.29. The highest BCUT2D eigenvalue weighted by Gasteiger charge is 2.27. The minimum atomic E-state index is 0.764. The van der Waals surface area contributed by atoms with Crippen molar-refractivity contribution in [1.82, 2.24) is 10.2 Å². The minimum absolute atomic E-state index is 0.764. The van der Waals surface area contributed by atoms with Gasteiger partial charge in [0.2, 0.25) is 0 Å². The van der Waals surface area contributed by atoms with Crippen LogP contribution in [0.4, 0.5) is 0 Å². The zero-order valence-electron chi connectivity index (χ0n) is 14.0. The fraction of sp³-hybridized carbons (Fsp3) is 0.889. The van der Waals surface area contributed by atoms with Crippen LogP contribution < -0.4 is 5.32 Å². The Kier molecular flexibility index (Phi) is 6.10. The Balaban J connectivity index is 1.70. The van der Waals surface area contributed by atoms with Gasteiger partial charge in [-0.2, -0.15) is 0 Å². The lowest BCUT2D eigenvalue weighted by Gasteiger charge is -2.38. The predicted molar refractivity (Wildman–Crippen MR) is 88.0 cm³/mol. The van der Waals surface area contributed by atoms with Gasteiger partial charge < -0.3 is 5.32 Å². The lowest BCUT2D eigenvalue weighted by molar-refractivity contribution is 0.175. The Hall–Kier alpha value is -0.340. The maximum Gasteiger partial charge on any atom is 0.0165 e. The second-order valence-corrected chi connectivity index (χ2v) is 7.64. The first-order valence-electron chi connectivity index (χ1n) is 8.64. The second kappa shape index (κ2) is 7.61. The fourth-order valence-corrected chi connectivity index (χ4v) is 4.01. The quantitative estimate of drug-likeness (QED) is 0.786. The second-order valence-electron chi connectivity index (χ2n) is 7.64. The van der Waals surface area contributed by atoms with Crippen molar-refractivity contribution in [1.29, 1.82) is 0 Å². The van der Waals surface area contributed by atoms with Crippen LogP contribution in [0, 0.1) is 11.8 Å². The molecule has 1 heterocycles. The van der Waals surface area contributed by atoms with Gasteiger partial charge in [-0.25, -0.2) is 0 Å². The summed E-state index contributed by atoms with van der Waals surface area (Å²) in [5.74, 6) is 1.82. The van der Waals surface area contributed by atoms with E-state index in [1.807, 2.05) is 0 Å². The Morgan fingerprint density at radius 3 is 2.15 bits per heavy atom. The number of rotatable bonds is 4. The molecule has 2 fully saturated rings. The van der Waals surface area contributed by atoms with Gasteiger partial charge in [0.05, 0.1) is 0 Å². The lowest BCUT2D eigenvalue weighted by atomic mass is 9.80. The van der Waals surface area contributed by atoms with Crippen LogP contribution in [-0.4, -0.2) is 36.6 Å². The van der Waals surface area contributed by atoms with Crippen LogP contribution >= 0.6 is 0 Å². The van der Waals surface area contributed by atoms with E-state index in [9.17, 15) is 0 Å². The van der Waals surface area contributed by atoms with Crippen molar-refractivity contribution in [3.8, 4) is 0 Å². The summed E-state index contributed by atoms with van der Waals surface area (Å²) in [5, 5.41) is 3.96. The summed E-state index contributed by atoms with van der Waals surface area (Å²) in [7, 11) is 0. The van der Waals surface area contributed by atoms with Crippen molar-refractivity contribution in [2.75, 3.05) is 19.6 Å². The average Bonchev–Trinajstić information content (AvgIpc) is 2.36. The summed E-state index contributed by atoms with van der Waals surface area (Å²) in [6.07, 6.45) is 9.23. The maximum absolute atomic E-state index is 3.96. The molecule has 1 aliphatic heterocycles. The van der Waals surface area contributed by atoms with Crippen molar-refractivity contribution < 1.29 is 0 Å². The van der Waals surface area contributed by atoms with Crippen LogP contribution in [0.15, 0.2) is 11.6 Å². The maximum atomic E-state index is 3.96. The Morgan fingerprint density at radius 2 is 1.60 bits per heavy atom. The number of nitrogens with one attached hydrogen (secondary N) is 1. The standard InChI is InChI=1S/C18H34N2/c1-14(2)5-8-20-9-6-17(7-10-20)19-18-12-15(3)11-16(4)13-18/h5,15-19H,6-13H2,1-4H3. The van der Waals surface area contributed by atoms with E-state index in [1.165, 1.54) is 50.8 Å². The third-order valence-corrected chi connectivity index (χ3v) is 5.00. The molecule has 0 radical (unpaired) electrons. The van der Waals surface area contributed by atoms with Crippen molar-refractivity contribution in [2.45, 2.75) is 71.9 Å². The van der Waals surface area contributed by atoms with Gasteiger partial charge in [0.15, 0.2) is 0 Å². The zero-order chi connectivity index (χ0) is 14.5. The van der Waals surface area contributed by atoms with Crippen LogP contribution in [0.2, 0.25) is 0 Å². The van der Waals surface area contributed by atoms with E-state index in [1.54, 1.807) is 0 Å². The molecule has 0 aromatic rings. The Morgan fingerprint density at radius 1 is 1.00 bits per heavy atom. The molecule has 20 heavy (non-hydrogen) atoms. The van der Waals surface area contributed by atoms with Crippen LogP contribution in [0.25, 0.3) is 0 Å². The molecular weight excluding hydrogens is 244 g/mol. The van der Waals surface area contributed by atoms with Gasteiger partial charge in [-0.15, -0.1) is 0 Å². The van der Waals surface area contributed by atoms with Gasteiger partial charge >= 0.3 is 0 Å². The smallest absolute Gasteiger partial charge is 0.0165 e. The summed E-state index contributed by atoms with van der Waals surface area (Å²) in [5.41, 5.74) is 1.44. The van der Waals surface area contributed by atoms with E-state index in [0.717, 1.165) is 30.5 Å². The van der Waals surface area contributed by atoms with Crippen LogP contribution in [0.3, 0.4) is 0 Å². The first kappa shape index (κ1) is 16.0. The summed E-state index contributed by atoms with van der Waals surface area (Å²) < 4.78 is 0. The average molecular weight is 278 g/mol. The van der Waals surface area contributed by atoms with Gasteiger partial charge in [0, 0.05) is 18.6 Å². The van der Waals surface area contributed by atoms with Gasteiger partial charge in [0.25, 0.3) is 0 Å². The molecule has 1 saturated carbocycles. The van der Waals surface area contributed by atoms with E-state index >= 15 is 0 Å². The highest BCUT2D eigenvalue weighted by atomic mass is 15.1. The molecule has 0 aromatic heterocycles. The Labute approximate surface area is 126 Å². The molecule has 2 aliphatic rings. The molecule has 2 rings (SSSR count). The Bertz CT molecular complexity index is 301. The topological polar surface area (TPSA) is 15.3 Å². The van der Waals surface area contributed by atoms with E-state index < -0.39 is 0 Å². The van der Waals surface area contributed by atoms with Crippen LogP contribution in [0.5, 0.6) is 0 Å². The number of hydrogen-bond acceptors (Lipinski definition) is 2. The molecule has 116 valence electrons. The van der Waals surface area contributed by atoms with Gasteiger partial charge in [-0.05, 0) is 70.9 Å². The number of hydrogen-bond donors (Lipinski definition) is 1. The molecule has 2 nitrogen and oxygen atoms in total. The first-order valence-corrected chi connectivity index (χ1v) is 8.64. The summed E-state index contributed by atoms with van der Waals surface area (Å²) in [6, 6.07) is 1.54. The largest absolute Gasteiger partial charge is 0.311 e. The molecule has 1 saturated heterocycles. The number of likely N-dealkylation sites (tertiary alicyclic amines) is 1. The molecule has 0 bridgehead atoms. The normalized spacial score (nSPS) is 33.1. The summed E-state index contributed by atoms with van der Waals surface area (Å²) in [6.45, 7) is 12.9. The molecule has 0 amide bonds. The van der Waals surface area contributed by atoms with Gasteiger partial charge in [-0.1, -0.05) is 25.5 Å². The van der Waals surface area contributed by atoms with Crippen molar-refractivity contribution in [3.63, 3.8) is 0 Å². The van der Waals surface area contributed by atoms with Crippen molar-refractivity contribution in [3.05, 3.63) is 11.6 Å². The van der Waals surface area contributed by atoms with E-state index in [4.69, 9.17) is 0 Å². The van der Waals surface area contributed by atoms with Gasteiger partial charge in [0.1, 0.15) is 0 Å². The molecular formula is C18H34N2. The number of piperidine rings is 1. The summed E-state index contributed by atoms with van der Waals surface area (Å²) >= 11 is 0. The molecule has 1 N–H and O–H groups in total. The van der Waals surface area contributed by atoms with Crippen LogP contribution in [-0.2, 0) is 0 Å². The molecule has 2 atom stereocenters. The molecule has 2 unspecified atom stereocenters. The monoisotopic (exact) mass is 278 g/mol. The highest BCUT2D eigenvalue weighted by molar-refractivity contribution is 4.96. The fourth-order valence-electron chi connectivity index (χ4n) is 4.01. The molecule has 1 aliphatic carbocycles. The third kappa shape index (κ3) is 5.21. The number of nitrogens with zero attached hydrogens (tertiary/aromatic N) is 1. The van der Waals surface area contributed by atoms with Crippen molar-refractivity contribution >= 4 is 0 Å². The van der Waals surface area contributed by atoms with Crippen molar-refractivity contribution in [2.24, 2.45) is 11.8 Å². The van der Waals surface area contributed by atoms with Crippen LogP contribution in [0.1, 0.15) is 59.8 Å². The molecule has 2 heteroatoms. The van der Waals surface area contributed by atoms with E-state index in [-0.39, 0.29) is 0 Å². The summed E-state index contributed by atoms with van der Waals surface area (Å²) in [4.78, 5) is 2.59. The zero-order valence-corrected chi connectivity index (χ0v) is 14.0. The minimum Gasteiger partial charge on any atom is -0.311 e. The van der Waals surface area contributed by atoms with E-state index in [2.05, 4.69) is 44.0 Å². The SMILES string of the molecule is CC(C)=CCN1CCC(NC2CC(C)CC(C)C2)CC1. The predicted octanol–water partition coefficient (Wildman–Crippen LogP) is 3.83. The van der Waals surface area contributed by atoms with Gasteiger partial charge in [-0.3, -0.25) is 4.90 Å². The third-order valence-electron chi connectivity index (χ3n) is 5.00. The molecule has 0 aromatic carbocycles. The number of allylic oxidation sites excluding steroid dienone is 1. The molecule has 0 spiro atoms. The lowest BCUT2D eigenvalue weighted by Crippen LogP contribution is -2.48.